The molecule has 0 N–H and O–H groups in total. The molecule has 0 amide bonds. The molecule has 0 heterocycles. The van der Waals surface area contributed by atoms with E-state index >= 15 is 0 Å². The molecular formula is C13H18O. The van der Waals surface area contributed by atoms with Gasteiger partial charge in [-0.25, -0.2) is 0 Å². The summed E-state index contributed by atoms with van der Waals surface area (Å²) in [5.41, 5.74) is -0.0531. The Labute approximate surface area is 85.9 Å². The van der Waals surface area contributed by atoms with Crippen molar-refractivity contribution in [3.63, 3.8) is 0 Å². The van der Waals surface area contributed by atoms with E-state index in [1.807, 2.05) is 6.08 Å². The van der Waals surface area contributed by atoms with Crippen LogP contribution in [0, 0.1) is 17.3 Å². The number of Topliss-reactive ketones (excluding diaryl/α,β-unsaturated/α-hetero) is 1. The fourth-order valence-corrected chi connectivity index (χ4v) is 3.09. The SMILES string of the molecule is C=CC[C@@H]1CC(=O)[C@@]2(C)CC=CC[C@H]12. The third-order valence-corrected chi connectivity index (χ3v) is 4.04. The highest BCUT2D eigenvalue weighted by Gasteiger charge is 2.50. The Kier molecular flexibility index (Phi) is 2.34. The number of carbonyl (C=O) groups is 1. The lowest BCUT2D eigenvalue weighted by Crippen LogP contribution is -2.31. The van der Waals surface area contributed by atoms with Gasteiger partial charge in [-0.1, -0.05) is 25.2 Å². The zero-order valence-electron chi connectivity index (χ0n) is 8.83. The van der Waals surface area contributed by atoms with E-state index in [0.29, 0.717) is 17.6 Å². The molecular weight excluding hydrogens is 172 g/mol. The van der Waals surface area contributed by atoms with Crippen LogP contribution in [0.5, 0.6) is 0 Å². The molecule has 2 aliphatic rings. The maximum atomic E-state index is 11.9. The first-order chi connectivity index (χ1) is 6.68. The van der Waals surface area contributed by atoms with Crippen molar-refractivity contribution >= 4 is 5.78 Å². The molecule has 76 valence electrons. The Morgan fingerprint density at radius 2 is 2.43 bits per heavy atom. The topological polar surface area (TPSA) is 17.1 Å². The van der Waals surface area contributed by atoms with E-state index < -0.39 is 0 Å². The van der Waals surface area contributed by atoms with Crippen LogP contribution in [0.2, 0.25) is 0 Å². The van der Waals surface area contributed by atoms with Gasteiger partial charge in [0.1, 0.15) is 5.78 Å². The minimum absolute atomic E-state index is 0.0531. The summed E-state index contributed by atoms with van der Waals surface area (Å²) in [6, 6.07) is 0. The number of hydrogen-bond acceptors (Lipinski definition) is 1. The van der Waals surface area contributed by atoms with Crippen LogP contribution in [0.4, 0.5) is 0 Å². The summed E-state index contributed by atoms with van der Waals surface area (Å²) >= 11 is 0. The molecule has 1 heteroatoms. The number of ketones is 1. The molecule has 1 fully saturated rings. The second-order valence-electron chi connectivity index (χ2n) is 4.85. The molecule has 0 radical (unpaired) electrons. The molecule has 2 rings (SSSR count). The average molecular weight is 190 g/mol. The summed E-state index contributed by atoms with van der Waals surface area (Å²) in [5.74, 6) is 1.59. The van der Waals surface area contributed by atoms with E-state index in [4.69, 9.17) is 0 Å². The van der Waals surface area contributed by atoms with E-state index in [2.05, 4.69) is 25.7 Å². The van der Waals surface area contributed by atoms with Crippen LogP contribution in [0.3, 0.4) is 0 Å². The standard InChI is InChI=1S/C13H18O/c1-3-6-10-9-12(14)13(2)8-5-4-7-11(10)13/h3-5,10-11H,1,6-9H2,2H3/t10-,11-,13+/m1/s1. The van der Waals surface area contributed by atoms with Crippen LogP contribution in [0.15, 0.2) is 24.8 Å². The maximum absolute atomic E-state index is 11.9. The second kappa shape index (κ2) is 3.38. The first-order valence-electron chi connectivity index (χ1n) is 5.47. The van der Waals surface area contributed by atoms with Gasteiger partial charge in [0.2, 0.25) is 0 Å². The summed E-state index contributed by atoms with van der Waals surface area (Å²) in [6.45, 7) is 5.93. The lowest BCUT2D eigenvalue weighted by atomic mass is 9.69. The lowest BCUT2D eigenvalue weighted by molar-refractivity contribution is -0.126. The first kappa shape index (κ1) is 9.70. The molecule has 0 aromatic heterocycles. The van der Waals surface area contributed by atoms with Gasteiger partial charge in [0, 0.05) is 11.8 Å². The van der Waals surface area contributed by atoms with E-state index in [1.165, 1.54) is 0 Å². The Morgan fingerprint density at radius 1 is 1.64 bits per heavy atom. The molecule has 1 nitrogen and oxygen atoms in total. The van der Waals surface area contributed by atoms with Crippen molar-refractivity contribution in [1.29, 1.82) is 0 Å². The van der Waals surface area contributed by atoms with E-state index in [0.717, 1.165) is 25.7 Å². The first-order valence-corrected chi connectivity index (χ1v) is 5.47. The summed E-state index contributed by atoms with van der Waals surface area (Å²) in [7, 11) is 0. The minimum atomic E-state index is -0.0531. The monoisotopic (exact) mass is 190 g/mol. The fraction of sp³-hybridized carbons (Fsp3) is 0.615. The summed E-state index contributed by atoms with van der Waals surface area (Å²) in [6.07, 6.45) is 10.2. The van der Waals surface area contributed by atoms with Gasteiger partial charge >= 0.3 is 0 Å². The molecule has 0 saturated heterocycles. The quantitative estimate of drug-likeness (QED) is 0.611. The number of fused-ring (bicyclic) bond motifs is 1. The van der Waals surface area contributed by atoms with Gasteiger partial charge < -0.3 is 0 Å². The van der Waals surface area contributed by atoms with Crippen LogP contribution in [0.25, 0.3) is 0 Å². The predicted octanol–water partition coefficient (Wildman–Crippen LogP) is 3.12. The highest BCUT2D eigenvalue weighted by atomic mass is 16.1. The minimum Gasteiger partial charge on any atom is -0.299 e. The smallest absolute Gasteiger partial charge is 0.139 e. The van der Waals surface area contributed by atoms with Gasteiger partial charge in [0.05, 0.1) is 0 Å². The molecule has 0 aromatic rings. The Balaban J connectivity index is 2.25. The van der Waals surface area contributed by atoms with Gasteiger partial charge in [-0.2, -0.15) is 0 Å². The zero-order valence-corrected chi connectivity index (χ0v) is 8.83. The third kappa shape index (κ3) is 1.26. The van der Waals surface area contributed by atoms with Gasteiger partial charge in [0.25, 0.3) is 0 Å². The number of carbonyl (C=O) groups excluding carboxylic acids is 1. The Hall–Kier alpha value is -0.850. The van der Waals surface area contributed by atoms with Crippen LogP contribution >= 0.6 is 0 Å². The second-order valence-corrected chi connectivity index (χ2v) is 4.85. The number of allylic oxidation sites excluding steroid dienone is 3. The average Bonchev–Trinajstić information content (AvgIpc) is 2.41. The summed E-state index contributed by atoms with van der Waals surface area (Å²) in [4.78, 5) is 11.9. The normalized spacial score (nSPS) is 41.1. The Bertz CT molecular complexity index is 290. The zero-order chi connectivity index (χ0) is 10.2. The molecule has 0 unspecified atom stereocenters. The van der Waals surface area contributed by atoms with Crippen molar-refractivity contribution in [1.82, 2.24) is 0 Å². The van der Waals surface area contributed by atoms with Crippen molar-refractivity contribution in [2.75, 3.05) is 0 Å². The van der Waals surface area contributed by atoms with Crippen LogP contribution in [-0.4, -0.2) is 5.78 Å². The van der Waals surface area contributed by atoms with Gasteiger partial charge in [0.15, 0.2) is 0 Å². The van der Waals surface area contributed by atoms with E-state index in [9.17, 15) is 4.79 Å². The maximum Gasteiger partial charge on any atom is 0.139 e. The fourth-order valence-electron chi connectivity index (χ4n) is 3.09. The third-order valence-electron chi connectivity index (χ3n) is 4.04. The Morgan fingerprint density at radius 3 is 3.14 bits per heavy atom. The van der Waals surface area contributed by atoms with Crippen molar-refractivity contribution in [3.8, 4) is 0 Å². The number of hydrogen-bond donors (Lipinski definition) is 0. The largest absolute Gasteiger partial charge is 0.299 e. The van der Waals surface area contributed by atoms with Crippen molar-refractivity contribution in [3.05, 3.63) is 24.8 Å². The van der Waals surface area contributed by atoms with Crippen molar-refractivity contribution in [2.45, 2.75) is 32.6 Å². The number of rotatable bonds is 2. The van der Waals surface area contributed by atoms with Gasteiger partial charge in [-0.3, -0.25) is 4.79 Å². The predicted molar refractivity (Wildman–Crippen MR) is 57.9 cm³/mol. The lowest BCUT2D eigenvalue weighted by Gasteiger charge is -2.33. The summed E-state index contributed by atoms with van der Waals surface area (Å²) in [5, 5.41) is 0. The van der Waals surface area contributed by atoms with Gasteiger partial charge in [-0.05, 0) is 31.1 Å². The van der Waals surface area contributed by atoms with Crippen molar-refractivity contribution < 1.29 is 4.79 Å². The molecule has 0 aromatic carbocycles. The molecule has 3 atom stereocenters. The summed E-state index contributed by atoms with van der Waals surface area (Å²) < 4.78 is 0. The van der Waals surface area contributed by atoms with Crippen LogP contribution < -0.4 is 0 Å². The molecule has 1 saturated carbocycles. The molecule has 2 aliphatic carbocycles. The van der Waals surface area contributed by atoms with E-state index in [-0.39, 0.29) is 5.41 Å². The molecule has 0 spiro atoms. The molecule has 0 bridgehead atoms. The van der Waals surface area contributed by atoms with Gasteiger partial charge in [-0.15, -0.1) is 6.58 Å². The van der Waals surface area contributed by atoms with Crippen molar-refractivity contribution in [2.24, 2.45) is 17.3 Å². The van der Waals surface area contributed by atoms with E-state index in [1.54, 1.807) is 0 Å². The van der Waals surface area contributed by atoms with Crippen LogP contribution in [-0.2, 0) is 4.79 Å². The van der Waals surface area contributed by atoms with Crippen LogP contribution in [0.1, 0.15) is 32.6 Å². The highest BCUT2D eigenvalue weighted by molar-refractivity contribution is 5.87. The molecule has 0 aliphatic heterocycles. The highest BCUT2D eigenvalue weighted by Crippen LogP contribution is 2.51. The molecule has 14 heavy (non-hydrogen) atoms.